The fraction of sp³-hybridized carbons (Fsp3) is 1.00. The van der Waals surface area contributed by atoms with Gasteiger partial charge in [-0.15, -0.1) is 0 Å². The lowest BCUT2D eigenvalue weighted by atomic mass is 9.81. The third kappa shape index (κ3) is 16.2. The van der Waals surface area contributed by atoms with Gasteiger partial charge in [0, 0.05) is 5.54 Å². The molecule has 0 heterocycles. The molecule has 0 aliphatic rings. The maximum Gasteiger partial charge on any atom is 0.668 e. The van der Waals surface area contributed by atoms with E-state index in [0.717, 1.165) is 57.8 Å². The van der Waals surface area contributed by atoms with E-state index in [1.807, 2.05) is 0 Å². The van der Waals surface area contributed by atoms with Crippen molar-refractivity contribution in [1.29, 1.82) is 0 Å². The lowest BCUT2D eigenvalue weighted by Crippen LogP contribution is -2.50. The van der Waals surface area contributed by atoms with Crippen LogP contribution in [0.2, 0.25) is 0 Å². The summed E-state index contributed by atoms with van der Waals surface area (Å²) in [5, 5.41) is 10.2. The molecule has 130 valence electrons. The second-order valence-corrected chi connectivity index (χ2v) is 6.90. The van der Waals surface area contributed by atoms with Gasteiger partial charge in [-0.2, -0.15) is 0 Å². The Balaban J connectivity index is 0. The van der Waals surface area contributed by atoms with Crippen molar-refractivity contribution in [3.63, 3.8) is 0 Å². The highest BCUT2D eigenvalue weighted by Crippen LogP contribution is 2.25. The monoisotopic (exact) mass is 325 g/mol. The molecule has 0 radical (unpaired) electrons. The van der Waals surface area contributed by atoms with E-state index in [0.29, 0.717) is 0 Å². The molecule has 0 fully saturated rings. The molecule has 1 unspecified atom stereocenters. The zero-order valence-electron chi connectivity index (χ0n) is 13.8. The summed E-state index contributed by atoms with van der Waals surface area (Å²) in [7, 11) is -4.61. The first-order chi connectivity index (χ1) is 9.60. The van der Waals surface area contributed by atoms with Crippen LogP contribution < -0.4 is 5.73 Å². The van der Waals surface area contributed by atoms with Crippen LogP contribution in [0.4, 0.5) is 0 Å². The lowest BCUT2D eigenvalue weighted by molar-refractivity contribution is 0.0602. The molecule has 0 bridgehead atoms. The quantitative estimate of drug-likeness (QED) is 0.333. The van der Waals surface area contributed by atoms with Crippen molar-refractivity contribution in [1.82, 2.24) is 0 Å². The van der Waals surface area contributed by atoms with Crippen LogP contribution in [0.15, 0.2) is 0 Å². The number of nitrogens with two attached hydrogens (primary N) is 1. The number of aliphatic hydroxyl groups excluding tert-OH is 1. The fourth-order valence-corrected chi connectivity index (χ4v) is 2.15. The van der Waals surface area contributed by atoms with Gasteiger partial charge in [-0.05, 0) is 19.3 Å². The van der Waals surface area contributed by atoms with Crippen LogP contribution in [-0.2, 0) is 0 Å². The molecule has 0 aliphatic heterocycles. The zero-order chi connectivity index (χ0) is 16.9. The maximum atomic E-state index is 10.2. The van der Waals surface area contributed by atoms with Gasteiger partial charge < -0.3 is 30.0 Å². The van der Waals surface area contributed by atoms with E-state index in [1.54, 1.807) is 0 Å². The van der Waals surface area contributed by atoms with Crippen LogP contribution in [0.25, 0.3) is 0 Å². The first-order valence-electron chi connectivity index (χ1n) is 7.97. The Morgan fingerprint density at radius 1 is 0.857 bits per heavy atom. The third-order valence-electron chi connectivity index (χ3n) is 3.49. The average Bonchev–Trinajstić information content (AvgIpc) is 2.38. The van der Waals surface area contributed by atoms with Gasteiger partial charge >= 0.3 is 9.05 Å². The first kappa shape index (κ1) is 23.2. The SMILES string of the molecule is CCCCC(O)C(N)(CCCC)CCCC.O[Si](O)(O)O. The molecule has 0 spiro atoms. The Kier molecular flexibility index (Phi) is 13.9. The van der Waals surface area contributed by atoms with E-state index in [9.17, 15) is 5.11 Å². The van der Waals surface area contributed by atoms with E-state index in [4.69, 9.17) is 24.9 Å². The summed E-state index contributed by atoms with van der Waals surface area (Å²) >= 11 is 0. The van der Waals surface area contributed by atoms with Crippen molar-refractivity contribution in [3.8, 4) is 0 Å². The van der Waals surface area contributed by atoms with Gasteiger partial charge in [0.25, 0.3) is 0 Å². The molecule has 0 rings (SSSR count). The number of hydrogen-bond donors (Lipinski definition) is 6. The Morgan fingerprint density at radius 2 is 1.19 bits per heavy atom. The van der Waals surface area contributed by atoms with Crippen LogP contribution in [0.5, 0.6) is 0 Å². The van der Waals surface area contributed by atoms with Crippen LogP contribution in [0.1, 0.15) is 78.6 Å². The van der Waals surface area contributed by atoms with Crippen molar-refractivity contribution in [2.24, 2.45) is 5.73 Å². The molecule has 0 aromatic carbocycles. The first-order valence-corrected chi connectivity index (χ1v) is 9.76. The number of unbranched alkanes of at least 4 members (excludes halogenated alkanes) is 3. The summed E-state index contributed by atoms with van der Waals surface area (Å²) in [5.41, 5.74) is 6.07. The van der Waals surface area contributed by atoms with Crippen molar-refractivity contribution < 1.29 is 24.3 Å². The predicted octanol–water partition coefficient (Wildman–Crippen LogP) is 1.01. The number of aliphatic hydroxyl groups is 1. The summed E-state index contributed by atoms with van der Waals surface area (Å²) in [5.74, 6) is 0. The molecule has 0 aromatic heterocycles. The van der Waals surface area contributed by atoms with Crippen molar-refractivity contribution in [3.05, 3.63) is 0 Å². The van der Waals surface area contributed by atoms with Gasteiger partial charge in [-0.25, -0.2) is 0 Å². The van der Waals surface area contributed by atoms with Crippen LogP contribution in [-0.4, -0.2) is 45.0 Å². The highest BCUT2D eigenvalue weighted by molar-refractivity contribution is 6.46. The molecule has 0 amide bonds. The fourth-order valence-electron chi connectivity index (χ4n) is 2.15. The molecule has 7 heteroatoms. The minimum absolute atomic E-state index is 0.314. The average molecular weight is 326 g/mol. The maximum absolute atomic E-state index is 10.2. The van der Waals surface area contributed by atoms with Gasteiger partial charge in [0.05, 0.1) is 6.10 Å². The van der Waals surface area contributed by atoms with E-state index < -0.39 is 9.05 Å². The van der Waals surface area contributed by atoms with Crippen LogP contribution in [0.3, 0.4) is 0 Å². The minimum Gasteiger partial charge on any atom is -0.391 e. The normalized spacial score (nSPS) is 13.6. The molecule has 21 heavy (non-hydrogen) atoms. The minimum atomic E-state index is -4.61. The smallest absolute Gasteiger partial charge is 0.391 e. The number of hydrogen-bond acceptors (Lipinski definition) is 6. The molecule has 6 nitrogen and oxygen atoms in total. The van der Waals surface area contributed by atoms with Crippen LogP contribution >= 0.6 is 0 Å². The van der Waals surface area contributed by atoms with E-state index >= 15 is 0 Å². The van der Waals surface area contributed by atoms with Gasteiger partial charge in [-0.1, -0.05) is 59.3 Å². The van der Waals surface area contributed by atoms with Crippen molar-refractivity contribution in [2.45, 2.75) is 90.2 Å². The highest BCUT2D eigenvalue weighted by Gasteiger charge is 2.31. The molecular weight excluding hydrogens is 290 g/mol. The predicted molar refractivity (Wildman–Crippen MR) is 86.1 cm³/mol. The Hall–Kier alpha value is -0.0231. The molecule has 0 saturated heterocycles. The summed E-state index contributed by atoms with van der Waals surface area (Å²) in [6, 6.07) is 0. The topological polar surface area (TPSA) is 127 Å². The molecule has 1 atom stereocenters. The molecular formula is C14H35NO5Si. The van der Waals surface area contributed by atoms with E-state index in [2.05, 4.69) is 20.8 Å². The number of rotatable bonds is 10. The Labute approximate surface area is 130 Å². The summed E-state index contributed by atoms with van der Waals surface area (Å²) in [6.45, 7) is 6.51. The second kappa shape index (κ2) is 12.5. The summed E-state index contributed by atoms with van der Waals surface area (Å²) in [6.07, 6.45) is 9.27. The lowest BCUT2D eigenvalue weighted by Gasteiger charge is -2.35. The van der Waals surface area contributed by atoms with E-state index in [-0.39, 0.29) is 11.6 Å². The summed E-state index contributed by atoms with van der Waals surface area (Å²) < 4.78 is 0. The zero-order valence-corrected chi connectivity index (χ0v) is 14.8. The standard InChI is InChI=1S/C14H31NO.H4O4Si/c1-4-7-10-13(16)14(15,11-8-5-2)12-9-6-3;1-5(2,3)4/h13,16H,4-12,15H2,1-3H3;1-4H. The van der Waals surface area contributed by atoms with Gasteiger partial charge in [-0.3, -0.25) is 0 Å². The second-order valence-electron chi connectivity index (χ2n) is 5.70. The van der Waals surface area contributed by atoms with Crippen molar-refractivity contribution in [2.75, 3.05) is 0 Å². The van der Waals surface area contributed by atoms with E-state index in [1.165, 1.54) is 0 Å². The Bertz CT molecular complexity index is 222. The highest BCUT2D eigenvalue weighted by atomic mass is 28.4. The van der Waals surface area contributed by atoms with Crippen LogP contribution in [0, 0.1) is 0 Å². The van der Waals surface area contributed by atoms with Gasteiger partial charge in [0.1, 0.15) is 0 Å². The Morgan fingerprint density at radius 3 is 1.48 bits per heavy atom. The third-order valence-corrected chi connectivity index (χ3v) is 3.49. The van der Waals surface area contributed by atoms with Crippen molar-refractivity contribution >= 4 is 9.05 Å². The summed E-state index contributed by atoms with van der Waals surface area (Å²) in [4.78, 5) is 29.3. The largest absolute Gasteiger partial charge is 0.668 e. The van der Waals surface area contributed by atoms with Gasteiger partial charge in [0.2, 0.25) is 0 Å². The molecule has 0 aromatic rings. The molecule has 0 aliphatic carbocycles. The molecule has 0 saturated carbocycles. The molecule has 7 N–H and O–H groups in total. The van der Waals surface area contributed by atoms with Gasteiger partial charge in [0.15, 0.2) is 0 Å².